The molecule has 4 heteroatoms. The fraction of sp³-hybridized carbons (Fsp3) is 0.105. The molecule has 0 saturated heterocycles. The maximum absolute atomic E-state index is 11.6. The van der Waals surface area contributed by atoms with Crippen LogP contribution in [-0.2, 0) is 16.1 Å². The number of ether oxygens (including phenoxy) is 3. The van der Waals surface area contributed by atoms with E-state index in [0.717, 1.165) is 22.6 Å². The van der Waals surface area contributed by atoms with E-state index in [0.29, 0.717) is 0 Å². The standard InChI is InChI=1S/C19H16O4/c20-19(21-13-16-7-2-1-3-8-16)9-5-4-6-15-10-11-17-18(12-15)23-14-22-17/h1-12H,13-14H2/b6-4+,9-5+. The van der Waals surface area contributed by atoms with Gasteiger partial charge in [0.2, 0.25) is 6.79 Å². The molecule has 0 aromatic heterocycles. The highest BCUT2D eigenvalue weighted by molar-refractivity contribution is 5.82. The summed E-state index contributed by atoms with van der Waals surface area (Å²) in [6, 6.07) is 15.2. The Balaban J connectivity index is 1.49. The maximum Gasteiger partial charge on any atom is 0.331 e. The summed E-state index contributed by atoms with van der Waals surface area (Å²) >= 11 is 0. The molecule has 0 bridgehead atoms. The number of carbonyl (C=O) groups is 1. The van der Waals surface area contributed by atoms with Crippen LogP contribution in [0.1, 0.15) is 11.1 Å². The molecule has 0 amide bonds. The number of hydrogen-bond donors (Lipinski definition) is 0. The molecule has 2 aromatic carbocycles. The van der Waals surface area contributed by atoms with Crippen LogP contribution in [0.4, 0.5) is 0 Å². The van der Waals surface area contributed by atoms with Crippen LogP contribution in [-0.4, -0.2) is 12.8 Å². The molecule has 0 radical (unpaired) electrons. The normalized spacial score (nSPS) is 12.9. The van der Waals surface area contributed by atoms with E-state index >= 15 is 0 Å². The van der Waals surface area contributed by atoms with E-state index in [4.69, 9.17) is 14.2 Å². The van der Waals surface area contributed by atoms with Gasteiger partial charge in [-0.3, -0.25) is 0 Å². The summed E-state index contributed by atoms with van der Waals surface area (Å²) < 4.78 is 15.7. The van der Waals surface area contributed by atoms with Crippen molar-refractivity contribution in [2.75, 3.05) is 6.79 Å². The Morgan fingerprint density at radius 2 is 1.87 bits per heavy atom. The summed E-state index contributed by atoms with van der Waals surface area (Å²) in [5, 5.41) is 0. The Bertz CT molecular complexity index is 732. The molecule has 3 rings (SSSR count). The van der Waals surface area contributed by atoms with Gasteiger partial charge in [0, 0.05) is 6.08 Å². The summed E-state index contributed by atoms with van der Waals surface area (Å²) in [5.41, 5.74) is 1.93. The molecule has 23 heavy (non-hydrogen) atoms. The lowest BCUT2D eigenvalue weighted by Gasteiger charge is -2.01. The highest BCUT2D eigenvalue weighted by Gasteiger charge is 2.11. The third-order valence-corrected chi connectivity index (χ3v) is 3.25. The molecule has 1 aliphatic heterocycles. The largest absolute Gasteiger partial charge is 0.458 e. The number of fused-ring (bicyclic) bond motifs is 1. The van der Waals surface area contributed by atoms with E-state index in [1.165, 1.54) is 6.08 Å². The number of esters is 1. The Kier molecular flexibility index (Phi) is 4.74. The molecular formula is C19H16O4. The molecule has 0 N–H and O–H groups in total. The van der Waals surface area contributed by atoms with E-state index in [1.54, 1.807) is 12.2 Å². The van der Waals surface area contributed by atoms with E-state index in [2.05, 4.69) is 0 Å². The van der Waals surface area contributed by atoms with Crippen molar-refractivity contribution in [3.63, 3.8) is 0 Å². The van der Waals surface area contributed by atoms with Crippen LogP contribution in [0.5, 0.6) is 11.5 Å². The first kappa shape index (κ1) is 14.9. The fourth-order valence-electron chi connectivity index (χ4n) is 2.09. The molecule has 0 spiro atoms. The van der Waals surface area contributed by atoms with Gasteiger partial charge in [0.05, 0.1) is 0 Å². The van der Waals surface area contributed by atoms with Gasteiger partial charge in [0.25, 0.3) is 0 Å². The van der Waals surface area contributed by atoms with Crippen LogP contribution in [0.3, 0.4) is 0 Å². The summed E-state index contributed by atoms with van der Waals surface area (Å²) in [6.07, 6.45) is 6.70. The smallest absolute Gasteiger partial charge is 0.331 e. The molecule has 116 valence electrons. The lowest BCUT2D eigenvalue weighted by atomic mass is 10.2. The average Bonchev–Trinajstić information content (AvgIpc) is 3.05. The van der Waals surface area contributed by atoms with Gasteiger partial charge in [-0.1, -0.05) is 54.6 Å². The Labute approximate surface area is 134 Å². The molecule has 2 aromatic rings. The lowest BCUT2D eigenvalue weighted by Crippen LogP contribution is -2.00. The zero-order valence-electron chi connectivity index (χ0n) is 12.5. The summed E-state index contributed by atoms with van der Waals surface area (Å²) in [6.45, 7) is 0.533. The first-order chi connectivity index (χ1) is 11.3. The van der Waals surface area contributed by atoms with Crippen LogP contribution >= 0.6 is 0 Å². The van der Waals surface area contributed by atoms with E-state index in [9.17, 15) is 4.79 Å². The van der Waals surface area contributed by atoms with Crippen molar-refractivity contribution in [1.82, 2.24) is 0 Å². The predicted molar refractivity (Wildman–Crippen MR) is 87.0 cm³/mol. The Hall–Kier alpha value is -3.01. The second kappa shape index (κ2) is 7.31. The van der Waals surface area contributed by atoms with Gasteiger partial charge >= 0.3 is 5.97 Å². The third kappa shape index (κ3) is 4.23. The molecule has 1 heterocycles. The number of allylic oxidation sites excluding steroid dienone is 2. The van der Waals surface area contributed by atoms with Gasteiger partial charge in [-0.25, -0.2) is 4.79 Å². The molecule has 0 saturated carbocycles. The highest BCUT2D eigenvalue weighted by Crippen LogP contribution is 2.32. The van der Waals surface area contributed by atoms with Crippen molar-refractivity contribution in [2.24, 2.45) is 0 Å². The minimum absolute atomic E-state index is 0.260. The van der Waals surface area contributed by atoms with Crippen molar-refractivity contribution in [3.05, 3.63) is 77.9 Å². The minimum atomic E-state index is -0.371. The van der Waals surface area contributed by atoms with Gasteiger partial charge in [-0.05, 0) is 23.3 Å². The molecule has 4 nitrogen and oxygen atoms in total. The Morgan fingerprint density at radius 1 is 1.04 bits per heavy atom. The first-order valence-electron chi connectivity index (χ1n) is 7.26. The SMILES string of the molecule is O=C(/C=C/C=C/c1ccc2c(c1)OCO2)OCc1ccccc1. The molecule has 1 aliphatic rings. The average molecular weight is 308 g/mol. The van der Waals surface area contributed by atoms with Gasteiger partial charge in [0.1, 0.15) is 6.61 Å². The minimum Gasteiger partial charge on any atom is -0.458 e. The second-order valence-corrected chi connectivity index (χ2v) is 4.92. The van der Waals surface area contributed by atoms with Crippen molar-refractivity contribution in [1.29, 1.82) is 0 Å². The van der Waals surface area contributed by atoms with Crippen molar-refractivity contribution >= 4 is 12.0 Å². The highest BCUT2D eigenvalue weighted by atomic mass is 16.7. The number of rotatable bonds is 5. The zero-order chi connectivity index (χ0) is 15.9. The summed E-state index contributed by atoms with van der Waals surface area (Å²) in [4.78, 5) is 11.6. The second-order valence-electron chi connectivity index (χ2n) is 4.92. The van der Waals surface area contributed by atoms with E-state index < -0.39 is 0 Å². The number of carbonyl (C=O) groups excluding carboxylic acids is 1. The molecular weight excluding hydrogens is 292 g/mol. The quantitative estimate of drug-likeness (QED) is 0.479. The van der Waals surface area contributed by atoms with Crippen LogP contribution in [0.25, 0.3) is 6.08 Å². The van der Waals surface area contributed by atoms with E-state index in [-0.39, 0.29) is 19.4 Å². The molecule has 0 atom stereocenters. The summed E-state index contributed by atoms with van der Waals surface area (Å²) in [7, 11) is 0. The van der Waals surface area contributed by atoms with Crippen LogP contribution in [0.15, 0.2) is 66.8 Å². The molecule has 0 fully saturated rings. The van der Waals surface area contributed by atoms with Crippen LogP contribution in [0, 0.1) is 0 Å². The van der Waals surface area contributed by atoms with Gasteiger partial charge in [-0.2, -0.15) is 0 Å². The Morgan fingerprint density at radius 3 is 2.74 bits per heavy atom. The maximum atomic E-state index is 11.6. The number of benzene rings is 2. The first-order valence-corrected chi connectivity index (χ1v) is 7.26. The molecule has 0 aliphatic carbocycles. The van der Waals surface area contributed by atoms with Crippen LogP contribution < -0.4 is 9.47 Å². The van der Waals surface area contributed by atoms with E-state index in [1.807, 2.05) is 54.6 Å². The van der Waals surface area contributed by atoms with Gasteiger partial charge in [0.15, 0.2) is 11.5 Å². The monoisotopic (exact) mass is 308 g/mol. The van der Waals surface area contributed by atoms with Crippen molar-refractivity contribution < 1.29 is 19.0 Å². The van der Waals surface area contributed by atoms with Gasteiger partial charge < -0.3 is 14.2 Å². The lowest BCUT2D eigenvalue weighted by molar-refractivity contribution is -0.139. The fourth-order valence-corrected chi connectivity index (χ4v) is 2.09. The van der Waals surface area contributed by atoms with Crippen molar-refractivity contribution in [2.45, 2.75) is 6.61 Å². The van der Waals surface area contributed by atoms with Crippen LogP contribution in [0.2, 0.25) is 0 Å². The summed E-state index contributed by atoms with van der Waals surface area (Å²) in [5.74, 6) is 1.12. The predicted octanol–water partition coefficient (Wildman–Crippen LogP) is 3.73. The van der Waals surface area contributed by atoms with Crippen molar-refractivity contribution in [3.8, 4) is 11.5 Å². The number of hydrogen-bond acceptors (Lipinski definition) is 4. The third-order valence-electron chi connectivity index (χ3n) is 3.25. The zero-order valence-corrected chi connectivity index (χ0v) is 12.5. The van der Waals surface area contributed by atoms with Gasteiger partial charge in [-0.15, -0.1) is 0 Å². The topological polar surface area (TPSA) is 44.8 Å². The molecule has 0 unspecified atom stereocenters.